The molecule has 0 aliphatic carbocycles. The number of ether oxygens (including phenoxy) is 1. The van der Waals surface area contributed by atoms with E-state index < -0.39 is 6.10 Å². The number of hydrogen-bond donors (Lipinski definition) is 2. The molecular weight excluding hydrogens is 304 g/mol. The molecule has 5 heteroatoms. The summed E-state index contributed by atoms with van der Waals surface area (Å²) in [5.41, 5.74) is 0. The van der Waals surface area contributed by atoms with E-state index >= 15 is 0 Å². The average molecular weight is 335 g/mol. The molecule has 1 unspecified atom stereocenters. The first kappa shape index (κ1) is 20.9. The molecule has 0 rings (SSSR count). The van der Waals surface area contributed by atoms with Crippen molar-refractivity contribution in [3.8, 4) is 0 Å². The van der Waals surface area contributed by atoms with Crippen molar-refractivity contribution in [2.75, 3.05) is 6.61 Å². The molecule has 0 saturated carbocycles. The van der Waals surface area contributed by atoms with Gasteiger partial charge in [-0.2, -0.15) is 0 Å². The summed E-state index contributed by atoms with van der Waals surface area (Å²) in [7, 11) is 0. The Labute approximate surface area is 140 Å². The summed E-state index contributed by atoms with van der Waals surface area (Å²) < 4.78 is 5.27. The lowest BCUT2D eigenvalue weighted by molar-refractivity contribution is -0.111. The van der Waals surface area contributed by atoms with Crippen LogP contribution in [-0.2, 0) is 9.53 Å². The van der Waals surface area contributed by atoms with E-state index in [-0.39, 0.29) is 16.6 Å². The molecule has 0 heterocycles. The summed E-state index contributed by atoms with van der Waals surface area (Å²) in [6.07, 6.45) is 11.6. The third-order valence-electron chi connectivity index (χ3n) is 3.38. The molecule has 0 aliphatic rings. The lowest BCUT2D eigenvalue weighted by Gasteiger charge is -2.11. The van der Waals surface area contributed by atoms with Gasteiger partial charge in [0.2, 0.25) is 0 Å². The second-order valence-electron chi connectivity index (χ2n) is 5.46. The van der Waals surface area contributed by atoms with Crippen LogP contribution in [0.3, 0.4) is 0 Å². The van der Waals surface area contributed by atoms with Gasteiger partial charge < -0.3 is 9.84 Å². The van der Waals surface area contributed by atoms with Gasteiger partial charge in [0.1, 0.15) is 6.10 Å². The van der Waals surface area contributed by atoms with E-state index in [1.807, 2.05) is 0 Å². The molecule has 0 saturated heterocycles. The summed E-state index contributed by atoms with van der Waals surface area (Å²) in [6, 6.07) is 0. The van der Waals surface area contributed by atoms with Crippen molar-refractivity contribution in [1.82, 2.24) is 0 Å². The average Bonchev–Trinajstić information content (AvgIpc) is 2.43. The Bertz CT molecular complexity index is 283. The number of aliphatic hydroxyl groups excluding tert-OH is 1. The Kier molecular flexibility index (Phi) is 14.7. The lowest BCUT2D eigenvalue weighted by Crippen LogP contribution is -2.23. The molecule has 21 heavy (non-hydrogen) atoms. The lowest BCUT2D eigenvalue weighted by atomic mass is 10.1. The smallest absolute Gasteiger partial charge is 0.189 e. The van der Waals surface area contributed by atoms with E-state index in [2.05, 4.69) is 19.6 Å². The first-order valence-electron chi connectivity index (χ1n) is 8.14. The number of carbonyl (C=O) groups excluding carboxylic acids is 1. The molecular formula is C16H30O3S2. The van der Waals surface area contributed by atoms with Gasteiger partial charge in [0, 0.05) is 0 Å². The SMILES string of the molecule is CCCCCCCCCCCCOC(=S)C(O)CC(=O)S. The van der Waals surface area contributed by atoms with Crippen molar-refractivity contribution < 1.29 is 14.6 Å². The van der Waals surface area contributed by atoms with E-state index in [0.717, 1.165) is 12.8 Å². The number of thiol groups is 1. The molecule has 124 valence electrons. The summed E-state index contributed by atoms with van der Waals surface area (Å²) in [5.74, 6) is 0. The second-order valence-corrected chi connectivity index (χ2v) is 6.36. The minimum atomic E-state index is -1.01. The van der Waals surface area contributed by atoms with Crippen molar-refractivity contribution >= 4 is 35.0 Å². The molecule has 0 aliphatic heterocycles. The summed E-state index contributed by atoms with van der Waals surface area (Å²) in [5, 5.41) is 9.24. The standard InChI is InChI=1S/C16H30O3S2/c1-2-3-4-5-6-7-8-9-10-11-12-19-16(21)14(17)13-15(18)20/h14,17H,2-13H2,1H3,(H,18,20). The number of thiocarbonyl (C=S) groups is 1. The van der Waals surface area contributed by atoms with Gasteiger partial charge >= 0.3 is 0 Å². The highest BCUT2D eigenvalue weighted by atomic mass is 32.1. The van der Waals surface area contributed by atoms with E-state index in [9.17, 15) is 9.90 Å². The minimum absolute atomic E-state index is 0.0834. The van der Waals surface area contributed by atoms with Crippen LogP contribution >= 0.6 is 24.8 Å². The van der Waals surface area contributed by atoms with Gasteiger partial charge in [-0.25, -0.2) is 0 Å². The fourth-order valence-corrected chi connectivity index (χ4v) is 2.45. The third kappa shape index (κ3) is 14.6. The Morgan fingerprint density at radius 3 is 2.00 bits per heavy atom. The Morgan fingerprint density at radius 1 is 1.05 bits per heavy atom. The summed E-state index contributed by atoms with van der Waals surface area (Å²) >= 11 is 8.51. The van der Waals surface area contributed by atoms with E-state index in [4.69, 9.17) is 17.0 Å². The van der Waals surface area contributed by atoms with Crippen LogP contribution in [0.15, 0.2) is 0 Å². The maximum atomic E-state index is 10.7. The van der Waals surface area contributed by atoms with E-state index in [0.29, 0.717) is 6.61 Å². The first-order valence-corrected chi connectivity index (χ1v) is 9.00. The fourth-order valence-electron chi connectivity index (χ4n) is 2.11. The quantitative estimate of drug-likeness (QED) is 0.280. The first-order chi connectivity index (χ1) is 10.1. The summed E-state index contributed by atoms with van der Waals surface area (Å²) in [4.78, 5) is 10.7. The predicted octanol–water partition coefficient (Wildman–Crippen LogP) is 4.46. The molecule has 0 aromatic carbocycles. The number of carbonyl (C=O) groups is 1. The Morgan fingerprint density at radius 2 is 1.52 bits per heavy atom. The van der Waals surface area contributed by atoms with Gasteiger partial charge in [-0.1, -0.05) is 64.7 Å². The molecule has 0 bridgehead atoms. The van der Waals surface area contributed by atoms with Gasteiger partial charge in [-0.3, -0.25) is 4.79 Å². The zero-order valence-corrected chi connectivity index (χ0v) is 14.9. The zero-order chi connectivity index (χ0) is 15.9. The van der Waals surface area contributed by atoms with Crippen LogP contribution in [0.25, 0.3) is 0 Å². The van der Waals surface area contributed by atoms with Crippen molar-refractivity contribution in [2.45, 2.75) is 83.7 Å². The largest absolute Gasteiger partial charge is 0.484 e. The maximum absolute atomic E-state index is 10.7. The molecule has 0 aromatic heterocycles. The molecule has 0 amide bonds. The number of unbranched alkanes of at least 4 members (excludes halogenated alkanes) is 9. The van der Waals surface area contributed by atoms with Gasteiger partial charge in [0.25, 0.3) is 0 Å². The van der Waals surface area contributed by atoms with Gasteiger partial charge in [0.05, 0.1) is 13.0 Å². The van der Waals surface area contributed by atoms with Crippen LogP contribution in [0.4, 0.5) is 0 Å². The topological polar surface area (TPSA) is 46.5 Å². The van der Waals surface area contributed by atoms with Crippen LogP contribution < -0.4 is 0 Å². The fraction of sp³-hybridized carbons (Fsp3) is 0.875. The zero-order valence-electron chi connectivity index (χ0n) is 13.2. The highest BCUT2D eigenvalue weighted by molar-refractivity contribution is 7.96. The van der Waals surface area contributed by atoms with Crippen LogP contribution in [0.1, 0.15) is 77.6 Å². The van der Waals surface area contributed by atoms with Crippen molar-refractivity contribution in [2.24, 2.45) is 0 Å². The normalized spacial score (nSPS) is 12.1. The molecule has 0 spiro atoms. The van der Waals surface area contributed by atoms with E-state index in [1.165, 1.54) is 51.4 Å². The molecule has 0 aromatic rings. The number of rotatable bonds is 14. The molecule has 3 nitrogen and oxygen atoms in total. The van der Waals surface area contributed by atoms with Crippen LogP contribution in [-0.4, -0.2) is 28.0 Å². The molecule has 1 atom stereocenters. The van der Waals surface area contributed by atoms with Crippen LogP contribution in [0, 0.1) is 0 Å². The predicted molar refractivity (Wildman–Crippen MR) is 95.0 cm³/mol. The molecule has 1 N–H and O–H groups in total. The number of aliphatic hydroxyl groups is 1. The molecule has 0 radical (unpaired) electrons. The van der Waals surface area contributed by atoms with Gasteiger partial charge in [-0.05, 0) is 18.6 Å². The highest BCUT2D eigenvalue weighted by Crippen LogP contribution is 2.10. The summed E-state index contributed by atoms with van der Waals surface area (Å²) in [6.45, 7) is 2.76. The van der Waals surface area contributed by atoms with E-state index in [1.54, 1.807) is 0 Å². The number of hydrogen-bond acceptors (Lipinski definition) is 4. The van der Waals surface area contributed by atoms with Gasteiger partial charge in [-0.15, -0.1) is 12.6 Å². The van der Waals surface area contributed by atoms with Crippen LogP contribution in [0.2, 0.25) is 0 Å². The second kappa shape index (κ2) is 14.8. The van der Waals surface area contributed by atoms with Crippen molar-refractivity contribution in [3.63, 3.8) is 0 Å². The van der Waals surface area contributed by atoms with Crippen LogP contribution in [0.5, 0.6) is 0 Å². The minimum Gasteiger partial charge on any atom is -0.484 e. The Hall–Kier alpha value is -0.130. The third-order valence-corrected chi connectivity index (χ3v) is 3.95. The molecule has 0 fully saturated rings. The van der Waals surface area contributed by atoms with Crippen molar-refractivity contribution in [1.29, 1.82) is 0 Å². The van der Waals surface area contributed by atoms with Gasteiger partial charge in [0.15, 0.2) is 10.2 Å². The monoisotopic (exact) mass is 334 g/mol. The maximum Gasteiger partial charge on any atom is 0.189 e. The Balaban J connectivity index is 3.28. The highest BCUT2D eigenvalue weighted by Gasteiger charge is 2.14. The van der Waals surface area contributed by atoms with Crippen molar-refractivity contribution in [3.05, 3.63) is 0 Å².